The molecule has 2 aromatic rings. The Morgan fingerprint density at radius 1 is 1.12 bits per heavy atom. The van der Waals surface area contributed by atoms with Gasteiger partial charge in [-0.2, -0.15) is 0 Å². The number of carbonyl (C=O) groups excluding carboxylic acids is 1. The molecule has 6 nitrogen and oxygen atoms in total. The van der Waals surface area contributed by atoms with Crippen molar-refractivity contribution in [2.45, 2.75) is 20.5 Å². The van der Waals surface area contributed by atoms with Crippen LogP contribution in [0, 0.1) is 10.1 Å². The fourth-order valence-corrected chi connectivity index (χ4v) is 2.64. The smallest absolute Gasteiger partial charge is 0.277 e. The number of aliphatic hydroxyl groups excluding tert-OH is 1. The van der Waals surface area contributed by atoms with Crippen molar-refractivity contribution in [1.29, 1.82) is 0 Å². The highest BCUT2D eigenvalue weighted by Crippen LogP contribution is 2.33. The van der Waals surface area contributed by atoms with Crippen molar-refractivity contribution >= 4 is 11.6 Å². The molecule has 0 saturated heterocycles. The first kappa shape index (κ1) is 17.6. The summed E-state index contributed by atoms with van der Waals surface area (Å²) in [4.78, 5) is 25.3. The van der Waals surface area contributed by atoms with E-state index >= 15 is 0 Å². The third-order valence-corrected chi connectivity index (χ3v) is 3.94. The molecule has 6 heteroatoms. The van der Waals surface area contributed by atoms with Gasteiger partial charge in [-0.1, -0.05) is 24.3 Å². The molecule has 0 aromatic heterocycles. The minimum Gasteiger partial charge on any atom is -0.392 e. The maximum atomic E-state index is 12.7. The monoisotopic (exact) mass is 328 g/mol. The van der Waals surface area contributed by atoms with Gasteiger partial charge in [0.25, 0.3) is 11.6 Å². The average Bonchev–Trinajstić information content (AvgIpc) is 2.62. The van der Waals surface area contributed by atoms with Crippen molar-refractivity contribution in [1.82, 2.24) is 4.90 Å². The van der Waals surface area contributed by atoms with E-state index in [1.165, 1.54) is 6.07 Å². The first-order valence-electron chi connectivity index (χ1n) is 7.80. The lowest BCUT2D eigenvalue weighted by Crippen LogP contribution is -2.30. The number of nitro benzene ring substituents is 1. The van der Waals surface area contributed by atoms with E-state index in [2.05, 4.69) is 0 Å². The van der Waals surface area contributed by atoms with E-state index in [1.54, 1.807) is 41.3 Å². The molecule has 0 bridgehead atoms. The van der Waals surface area contributed by atoms with Crippen molar-refractivity contribution in [2.24, 2.45) is 0 Å². The Balaban J connectivity index is 2.62. The van der Waals surface area contributed by atoms with Gasteiger partial charge in [0.1, 0.15) is 0 Å². The van der Waals surface area contributed by atoms with E-state index in [-0.39, 0.29) is 18.2 Å². The van der Waals surface area contributed by atoms with Gasteiger partial charge >= 0.3 is 0 Å². The van der Waals surface area contributed by atoms with Crippen molar-refractivity contribution in [3.8, 4) is 11.1 Å². The fraction of sp³-hybridized carbons (Fsp3) is 0.278. The molecule has 0 saturated carbocycles. The maximum Gasteiger partial charge on any atom is 0.277 e. The molecular formula is C18H20N2O4. The van der Waals surface area contributed by atoms with Gasteiger partial charge in [0.2, 0.25) is 0 Å². The molecule has 126 valence electrons. The molecule has 0 aliphatic heterocycles. The summed E-state index contributed by atoms with van der Waals surface area (Å²) in [5, 5.41) is 20.6. The normalized spacial score (nSPS) is 10.5. The standard InChI is InChI=1S/C18H20N2O4/c1-3-19(4-2)18(22)16-8-6-5-7-14(16)15-10-9-13(12-21)11-17(15)20(23)24/h5-11,21H,3-4,12H2,1-2H3. The number of rotatable bonds is 6. The van der Waals surface area contributed by atoms with Crippen molar-refractivity contribution in [2.75, 3.05) is 13.1 Å². The molecule has 0 radical (unpaired) electrons. The van der Waals surface area contributed by atoms with Crippen LogP contribution < -0.4 is 0 Å². The van der Waals surface area contributed by atoms with Crippen molar-refractivity contribution in [3.63, 3.8) is 0 Å². The quantitative estimate of drug-likeness (QED) is 0.652. The van der Waals surface area contributed by atoms with Crippen LogP contribution in [0.3, 0.4) is 0 Å². The van der Waals surface area contributed by atoms with Crippen molar-refractivity contribution < 1.29 is 14.8 Å². The predicted octanol–water partition coefficient (Wildman–Crippen LogP) is 3.24. The minimum atomic E-state index is -0.493. The van der Waals surface area contributed by atoms with Crippen LogP contribution in [-0.2, 0) is 6.61 Å². The van der Waals surface area contributed by atoms with Gasteiger partial charge in [-0.3, -0.25) is 14.9 Å². The van der Waals surface area contributed by atoms with Crippen LogP contribution in [0.4, 0.5) is 5.69 Å². The number of carbonyl (C=O) groups is 1. The number of aliphatic hydroxyl groups is 1. The predicted molar refractivity (Wildman–Crippen MR) is 91.7 cm³/mol. The molecule has 1 amide bonds. The maximum absolute atomic E-state index is 12.7. The van der Waals surface area contributed by atoms with Crippen molar-refractivity contribution in [3.05, 3.63) is 63.7 Å². The third-order valence-electron chi connectivity index (χ3n) is 3.94. The van der Waals surface area contributed by atoms with Crippen LogP contribution in [0.25, 0.3) is 11.1 Å². The Morgan fingerprint density at radius 2 is 1.79 bits per heavy atom. The number of hydrogen-bond acceptors (Lipinski definition) is 4. The van der Waals surface area contributed by atoms with Gasteiger partial charge < -0.3 is 10.0 Å². The van der Waals surface area contributed by atoms with Crippen LogP contribution in [0.2, 0.25) is 0 Å². The summed E-state index contributed by atoms with van der Waals surface area (Å²) in [6, 6.07) is 11.4. The van der Waals surface area contributed by atoms with E-state index < -0.39 is 4.92 Å². The molecule has 0 fully saturated rings. The largest absolute Gasteiger partial charge is 0.392 e. The van der Waals surface area contributed by atoms with E-state index in [0.717, 1.165) is 0 Å². The fourth-order valence-electron chi connectivity index (χ4n) is 2.64. The van der Waals surface area contributed by atoms with Crippen LogP contribution in [-0.4, -0.2) is 33.9 Å². The van der Waals surface area contributed by atoms with Gasteiger partial charge in [0.05, 0.1) is 17.1 Å². The molecule has 0 aliphatic carbocycles. The van der Waals surface area contributed by atoms with Crippen LogP contribution in [0.15, 0.2) is 42.5 Å². The van der Waals surface area contributed by atoms with Gasteiger partial charge in [-0.15, -0.1) is 0 Å². The summed E-state index contributed by atoms with van der Waals surface area (Å²) in [5.74, 6) is -0.156. The summed E-state index contributed by atoms with van der Waals surface area (Å²) in [5.41, 5.74) is 1.65. The first-order chi connectivity index (χ1) is 11.5. The van der Waals surface area contributed by atoms with Crippen LogP contribution >= 0.6 is 0 Å². The lowest BCUT2D eigenvalue weighted by atomic mass is 9.96. The second kappa shape index (κ2) is 7.70. The molecule has 0 heterocycles. The molecule has 0 atom stereocenters. The molecule has 2 rings (SSSR count). The lowest BCUT2D eigenvalue weighted by Gasteiger charge is -2.20. The number of nitro groups is 1. The number of nitrogens with zero attached hydrogens (tertiary/aromatic N) is 2. The molecule has 2 aromatic carbocycles. The zero-order valence-corrected chi connectivity index (χ0v) is 13.7. The molecule has 0 aliphatic rings. The molecule has 0 unspecified atom stereocenters. The van der Waals surface area contributed by atoms with Gasteiger partial charge in [0.15, 0.2) is 0 Å². The summed E-state index contributed by atoms with van der Waals surface area (Å²) in [7, 11) is 0. The van der Waals surface area contributed by atoms with Crippen LogP contribution in [0.5, 0.6) is 0 Å². The first-order valence-corrected chi connectivity index (χ1v) is 7.80. The molecule has 24 heavy (non-hydrogen) atoms. The Labute approximate surface area is 140 Å². The van der Waals surface area contributed by atoms with Crippen LogP contribution in [0.1, 0.15) is 29.8 Å². The topological polar surface area (TPSA) is 83.7 Å². The van der Waals surface area contributed by atoms with Gasteiger partial charge in [0, 0.05) is 30.3 Å². The average molecular weight is 328 g/mol. The highest BCUT2D eigenvalue weighted by molar-refractivity contribution is 6.01. The number of hydrogen-bond donors (Lipinski definition) is 1. The Bertz CT molecular complexity index is 754. The summed E-state index contributed by atoms with van der Waals surface area (Å²) < 4.78 is 0. The van der Waals surface area contributed by atoms with E-state index in [4.69, 9.17) is 0 Å². The Hall–Kier alpha value is -2.73. The summed E-state index contributed by atoms with van der Waals surface area (Å²) in [6.45, 7) is 4.64. The Morgan fingerprint density at radius 3 is 2.38 bits per heavy atom. The zero-order chi connectivity index (χ0) is 17.7. The SMILES string of the molecule is CCN(CC)C(=O)c1ccccc1-c1ccc(CO)cc1[N+](=O)[O-]. The number of amides is 1. The van der Waals surface area contributed by atoms with Gasteiger partial charge in [-0.05, 0) is 31.5 Å². The van der Waals surface area contributed by atoms with E-state index in [1.807, 2.05) is 13.8 Å². The Kier molecular flexibility index (Phi) is 5.65. The zero-order valence-electron chi connectivity index (χ0n) is 13.7. The molecule has 0 spiro atoms. The summed E-state index contributed by atoms with van der Waals surface area (Å²) >= 11 is 0. The van der Waals surface area contributed by atoms with E-state index in [0.29, 0.717) is 35.3 Å². The number of benzene rings is 2. The minimum absolute atomic E-state index is 0.124. The second-order valence-electron chi connectivity index (χ2n) is 5.29. The van der Waals surface area contributed by atoms with E-state index in [9.17, 15) is 20.0 Å². The lowest BCUT2D eigenvalue weighted by molar-refractivity contribution is -0.384. The third kappa shape index (κ3) is 3.44. The highest BCUT2D eigenvalue weighted by Gasteiger charge is 2.22. The highest BCUT2D eigenvalue weighted by atomic mass is 16.6. The summed E-state index contributed by atoms with van der Waals surface area (Å²) in [6.07, 6.45) is 0. The van der Waals surface area contributed by atoms with Gasteiger partial charge in [-0.25, -0.2) is 0 Å². The molecule has 1 N–H and O–H groups in total. The molecular weight excluding hydrogens is 308 g/mol. The second-order valence-corrected chi connectivity index (χ2v) is 5.29.